The average Bonchev–Trinajstić information content (AvgIpc) is 3.25. The lowest BCUT2D eigenvalue weighted by molar-refractivity contribution is 0.597. The van der Waals surface area contributed by atoms with Gasteiger partial charge >= 0.3 is 0 Å². The van der Waals surface area contributed by atoms with E-state index in [-0.39, 0.29) is 10.9 Å². The molecule has 0 atom stereocenters. The largest absolute Gasteiger partial charge is 0.336 e. The summed E-state index contributed by atoms with van der Waals surface area (Å²) in [6.07, 6.45) is 5.46. The smallest absolute Gasteiger partial charge is 0.280 e. The van der Waals surface area contributed by atoms with Crippen LogP contribution in [0.3, 0.4) is 0 Å². The second kappa shape index (κ2) is 7.04. The summed E-state index contributed by atoms with van der Waals surface area (Å²) in [6.45, 7) is 5.98. The van der Waals surface area contributed by atoms with E-state index in [1.54, 1.807) is 23.7 Å². The third-order valence-electron chi connectivity index (χ3n) is 4.73. The molecule has 0 fully saturated rings. The maximum absolute atomic E-state index is 12.7. The molecule has 0 aliphatic carbocycles. The summed E-state index contributed by atoms with van der Waals surface area (Å²) in [5.74, 6) is 0.861. The number of hydrogen-bond acceptors (Lipinski definition) is 4. The SMILES string of the molecule is Cc1ccn2cc(-c3ccc(NS(=O)(=O)c4cn(C)c(C(C)C)n4)cc3)nc2c1. The Morgan fingerprint density at radius 1 is 1.03 bits per heavy atom. The van der Waals surface area contributed by atoms with Crippen molar-refractivity contribution in [1.29, 1.82) is 0 Å². The van der Waals surface area contributed by atoms with Crippen LogP contribution in [0.1, 0.15) is 31.2 Å². The van der Waals surface area contributed by atoms with E-state index in [4.69, 9.17) is 0 Å². The zero-order valence-electron chi connectivity index (χ0n) is 16.8. The van der Waals surface area contributed by atoms with Crippen LogP contribution in [0, 0.1) is 6.92 Å². The first kappa shape index (κ1) is 19.2. The standard InChI is InChI=1S/C21H23N5O2S/c1-14(2)21-23-20(13-25(21)4)29(27,28)24-17-7-5-16(6-8-17)18-12-26-10-9-15(3)11-19(26)22-18/h5-14,24H,1-4H3. The highest BCUT2D eigenvalue weighted by atomic mass is 32.2. The number of imidazole rings is 2. The maximum atomic E-state index is 12.7. The first-order valence-electron chi connectivity index (χ1n) is 9.35. The molecule has 7 nitrogen and oxygen atoms in total. The third-order valence-corrected chi connectivity index (χ3v) is 5.98. The highest BCUT2D eigenvalue weighted by Crippen LogP contribution is 2.24. The highest BCUT2D eigenvalue weighted by molar-refractivity contribution is 7.92. The molecule has 3 heterocycles. The Balaban J connectivity index is 1.58. The van der Waals surface area contributed by atoms with E-state index in [0.29, 0.717) is 5.69 Å². The van der Waals surface area contributed by atoms with Crippen LogP contribution in [0.15, 0.2) is 60.0 Å². The van der Waals surface area contributed by atoms with Gasteiger partial charge in [-0.05, 0) is 36.8 Å². The maximum Gasteiger partial charge on any atom is 0.280 e. The fourth-order valence-electron chi connectivity index (χ4n) is 3.26. The van der Waals surface area contributed by atoms with Gasteiger partial charge in [-0.1, -0.05) is 26.0 Å². The Morgan fingerprint density at radius 2 is 1.76 bits per heavy atom. The second-order valence-electron chi connectivity index (χ2n) is 7.48. The molecule has 1 aromatic carbocycles. The molecule has 0 saturated carbocycles. The van der Waals surface area contributed by atoms with Gasteiger partial charge in [-0.25, -0.2) is 9.97 Å². The Hall–Kier alpha value is -3.13. The molecule has 0 aliphatic rings. The first-order valence-corrected chi connectivity index (χ1v) is 10.8. The van der Waals surface area contributed by atoms with Crippen molar-refractivity contribution in [3.05, 3.63) is 66.4 Å². The number of hydrogen-bond donors (Lipinski definition) is 1. The van der Waals surface area contributed by atoms with Crippen LogP contribution in [0.5, 0.6) is 0 Å². The molecule has 0 unspecified atom stereocenters. The summed E-state index contributed by atoms with van der Waals surface area (Å²) in [5, 5.41) is 0.0171. The Morgan fingerprint density at radius 3 is 2.41 bits per heavy atom. The van der Waals surface area contributed by atoms with E-state index in [1.807, 2.05) is 61.8 Å². The summed E-state index contributed by atoms with van der Waals surface area (Å²) in [4.78, 5) is 8.91. The summed E-state index contributed by atoms with van der Waals surface area (Å²) in [6, 6.07) is 11.2. The Kier molecular flexibility index (Phi) is 4.66. The predicted molar refractivity (Wildman–Crippen MR) is 113 cm³/mol. The van der Waals surface area contributed by atoms with Crippen molar-refractivity contribution in [3.8, 4) is 11.3 Å². The van der Waals surface area contributed by atoms with Crippen molar-refractivity contribution >= 4 is 21.4 Å². The molecule has 0 saturated heterocycles. The van der Waals surface area contributed by atoms with Crippen LogP contribution in [0.4, 0.5) is 5.69 Å². The summed E-state index contributed by atoms with van der Waals surface area (Å²) in [7, 11) is -1.95. The lowest BCUT2D eigenvalue weighted by Gasteiger charge is -2.06. The van der Waals surface area contributed by atoms with Gasteiger partial charge < -0.3 is 8.97 Å². The fraction of sp³-hybridized carbons (Fsp3) is 0.238. The van der Waals surface area contributed by atoms with Crippen LogP contribution in [0.2, 0.25) is 0 Å². The molecule has 4 rings (SSSR count). The van der Waals surface area contributed by atoms with E-state index >= 15 is 0 Å². The number of nitrogens with zero attached hydrogens (tertiary/aromatic N) is 4. The van der Waals surface area contributed by atoms with Crippen LogP contribution in [0.25, 0.3) is 16.9 Å². The fourth-order valence-corrected chi connectivity index (χ4v) is 4.32. The molecule has 1 N–H and O–H groups in total. The van der Waals surface area contributed by atoms with Gasteiger partial charge in [0.15, 0.2) is 5.03 Å². The highest BCUT2D eigenvalue weighted by Gasteiger charge is 2.21. The second-order valence-corrected chi connectivity index (χ2v) is 9.11. The van der Waals surface area contributed by atoms with Crippen molar-refractivity contribution in [1.82, 2.24) is 18.9 Å². The number of fused-ring (bicyclic) bond motifs is 1. The first-order chi connectivity index (χ1) is 13.7. The molecule has 0 radical (unpaired) electrons. The van der Waals surface area contributed by atoms with E-state index < -0.39 is 10.0 Å². The number of anilines is 1. The van der Waals surface area contributed by atoms with Gasteiger partial charge in [0.2, 0.25) is 0 Å². The van der Waals surface area contributed by atoms with Crippen molar-refractivity contribution in [2.75, 3.05) is 4.72 Å². The molecule has 0 spiro atoms. The van der Waals surface area contributed by atoms with Crippen molar-refractivity contribution in [2.45, 2.75) is 31.7 Å². The summed E-state index contributed by atoms with van der Waals surface area (Å²) >= 11 is 0. The van der Waals surface area contributed by atoms with Gasteiger partial charge in [-0.2, -0.15) is 8.42 Å². The zero-order valence-corrected chi connectivity index (χ0v) is 17.6. The molecular weight excluding hydrogens is 386 g/mol. The van der Waals surface area contributed by atoms with Gasteiger partial charge in [-0.15, -0.1) is 0 Å². The summed E-state index contributed by atoms with van der Waals surface area (Å²) < 4.78 is 31.7. The number of nitrogens with one attached hydrogen (secondary N) is 1. The quantitative estimate of drug-likeness (QED) is 0.541. The van der Waals surface area contributed by atoms with Gasteiger partial charge in [0, 0.05) is 42.8 Å². The molecule has 3 aromatic heterocycles. The number of rotatable bonds is 5. The predicted octanol–water partition coefficient (Wildman–Crippen LogP) is 3.97. The third kappa shape index (κ3) is 3.75. The minimum atomic E-state index is -3.75. The van der Waals surface area contributed by atoms with Crippen LogP contribution in [-0.2, 0) is 17.1 Å². The van der Waals surface area contributed by atoms with Crippen molar-refractivity contribution < 1.29 is 8.42 Å². The number of aromatic nitrogens is 4. The minimum Gasteiger partial charge on any atom is -0.336 e. The molecule has 29 heavy (non-hydrogen) atoms. The molecule has 4 aromatic rings. The Labute approximate surface area is 170 Å². The lowest BCUT2D eigenvalue weighted by Crippen LogP contribution is -2.13. The normalized spacial score (nSPS) is 12.0. The van der Waals surface area contributed by atoms with E-state index in [1.165, 1.54) is 6.20 Å². The number of aryl methyl sites for hydroxylation is 2. The minimum absolute atomic E-state index is 0.0171. The molecule has 0 aliphatic heterocycles. The molecule has 8 heteroatoms. The van der Waals surface area contributed by atoms with Gasteiger partial charge in [-0.3, -0.25) is 4.72 Å². The number of benzene rings is 1. The molecule has 150 valence electrons. The summed E-state index contributed by atoms with van der Waals surface area (Å²) in [5.41, 5.74) is 4.24. The zero-order chi connectivity index (χ0) is 20.8. The van der Waals surface area contributed by atoms with E-state index in [0.717, 1.165) is 28.3 Å². The lowest BCUT2D eigenvalue weighted by atomic mass is 10.1. The van der Waals surface area contributed by atoms with E-state index in [2.05, 4.69) is 14.7 Å². The number of pyridine rings is 1. The molecule has 0 amide bonds. The van der Waals surface area contributed by atoms with Gasteiger partial charge in [0.1, 0.15) is 11.5 Å². The van der Waals surface area contributed by atoms with Crippen molar-refractivity contribution in [3.63, 3.8) is 0 Å². The van der Waals surface area contributed by atoms with Gasteiger partial charge in [0.05, 0.1) is 5.69 Å². The number of sulfonamides is 1. The van der Waals surface area contributed by atoms with Crippen LogP contribution >= 0.6 is 0 Å². The van der Waals surface area contributed by atoms with Crippen LogP contribution in [-0.4, -0.2) is 27.4 Å². The van der Waals surface area contributed by atoms with Crippen LogP contribution < -0.4 is 4.72 Å². The average molecular weight is 410 g/mol. The topological polar surface area (TPSA) is 81.3 Å². The molecular formula is C21H23N5O2S. The monoisotopic (exact) mass is 409 g/mol. The molecule has 0 bridgehead atoms. The van der Waals surface area contributed by atoms with Crippen molar-refractivity contribution in [2.24, 2.45) is 7.05 Å². The Bertz CT molecular complexity index is 1280. The van der Waals surface area contributed by atoms with E-state index in [9.17, 15) is 8.42 Å². The van der Waals surface area contributed by atoms with Gasteiger partial charge in [0.25, 0.3) is 10.0 Å².